The number of carbonyl (C=O) groups is 1. The predicted octanol–water partition coefficient (Wildman–Crippen LogP) is 0.543. The van der Waals surface area contributed by atoms with E-state index in [0.29, 0.717) is 6.54 Å². The lowest BCUT2D eigenvalue weighted by Crippen LogP contribution is -2.43. The number of rotatable bonds is 2. The lowest BCUT2D eigenvalue weighted by molar-refractivity contribution is -0.118. The molecule has 0 aromatic carbocycles. The molecular formula is C7H13IN2O. The Morgan fingerprint density at radius 3 is 2.36 bits per heavy atom. The van der Waals surface area contributed by atoms with E-state index in [1.807, 2.05) is 0 Å². The topological polar surface area (TPSA) is 23.6 Å². The van der Waals surface area contributed by atoms with Gasteiger partial charge in [0.05, 0.1) is 6.54 Å². The summed E-state index contributed by atoms with van der Waals surface area (Å²) in [6, 6.07) is 0. The lowest BCUT2D eigenvalue weighted by atomic mass is 10.3. The number of halogens is 1. The highest BCUT2D eigenvalue weighted by molar-refractivity contribution is 14.1. The summed E-state index contributed by atoms with van der Waals surface area (Å²) in [5, 5.41) is 0. The van der Waals surface area contributed by atoms with Crippen molar-refractivity contribution in [2.75, 3.05) is 32.7 Å². The van der Waals surface area contributed by atoms with E-state index in [1.165, 1.54) is 0 Å². The first kappa shape index (κ1) is 9.41. The van der Waals surface area contributed by atoms with Gasteiger partial charge in [-0.1, -0.05) is 0 Å². The summed E-state index contributed by atoms with van der Waals surface area (Å²) in [6.45, 7) is 6.49. The number of hydrogen-bond donors (Lipinski definition) is 0. The van der Waals surface area contributed by atoms with Crippen LogP contribution in [0.15, 0.2) is 0 Å². The molecule has 0 saturated carbocycles. The Hall–Kier alpha value is 0.320. The summed E-state index contributed by atoms with van der Waals surface area (Å²) in [5.41, 5.74) is 0. The zero-order valence-electron chi connectivity index (χ0n) is 6.72. The fourth-order valence-electron chi connectivity index (χ4n) is 1.20. The SMILES string of the molecule is CC(=O)CN1CCN(I)CC1. The van der Waals surface area contributed by atoms with Crippen LogP contribution in [0.1, 0.15) is 6.92 Å². The average molecular weight is 268 g/mol. The van der Waals surface area contributed by atoms with Gasteiger partial charge in [-0.2, -0.15) is 0 Å². The fraction of sp³-hybridized carbons (Fsp3) is 0.857. The highest BCUT2D eigenvalue weighted by Gasteiger charge is 2.14. The summed E-state index contributed by atoms with van der Waals surface area (Å²) < 4.78 is 2.26. The minimum absolute atomic E-state index is 0.270. The molecule has 0 spiro atoms. The molecule has 0 aromatic rings. The van der Waals surface area contributed by atoms with Crippen LogP contribution in [0.2, 0.25) is 0 Å². The van der Waals surface area contributed by atoms with E-state index in [-0.39, 0.29) is 5.78 Å². The predicted molar refractivity (Wildman–Crippen MR) is 52.7 cm³/mol. The van der Waals surface area contributed by atoms with Gasteiger partial charge in [-0.25, -0.2) is 3.11 Å². The van der Waals surface area contributed by atoms with Gasteiger partial charge in [0.15, 0.2) is 0 Å². The molecule has 4 heteroatoms. The van der Waals surface area contributed by atoms with E-state index < -0.39 is 0 Å². The molecule has 0 amide bonds. The molecule has 11 heavy (non-hydrogen) atoms. The van der Waals surface area contributed by atoms with Gasteiger partial charge in [-0.05, 0) is 6.92 Å². The molecule has 1 saturated heterocycles. The van der Waals surface area contributed by atoms with Crippen LogP contribution in [0.25, 0.3) is 0 Å². The van der Waals surface area contributed by atoms with E-state index in [0.717, 1.165) is 26.2 Å². The first-order chi connectivity index (χ1) is 5.18. The van der Waals surface area contributed by atoms with Crippen LogP contribution in [0.3, 0.4) is 0 Å². The Labute approximate surface area is 81.2 Å². The third-order valence-electron chi connectivity index (χ3n) is 1.76. The summed E-state index contributed by atoms with van der Waals surface area (Å²) in [5.74, 6) is 0.270. The van der Waals surface area contributed by atoms with Crippen molar-refractivity contribution < 1.29 is 4.79 Å². The van der Waals surface area contributed by atoms with Crippen LogP contribution in [0.5, 0.6) is 0 Å². The van der Waals surface area contributed by atoms with Crippen LogP contribution in [-0.2, 0) is 4.79 Å². The standard InChI is InChI=1S/C7H13IN2O/c1-7(11)6-9-2-4-10(8)5-3-9/h2-6H2,1H3. The first-order valence-corrected chi connectivity index (χ1v) is 4.77. The molecule has 64 valence electrons. The van der Waals surface area contributed by atoms with Crippen LogP contribution < -0.4 is 0 Å². The molecule has 0 bridgehead atoms. The van der Waals surface area contributed by atoms with Crippen LogP contribution >= 0.6 is 22.9 Å². The van der Waals surface area contributed by atoms with E-state index in [1.54, 1.807) is 6.92 Å². The Morgan fingerprint density at radius 2 is 1.91 bits per heavy atom. The summed E-state index contributed by atoms with van der Waals surface area (Å²) in [7, 11) is 0. The highest BCUT2D eigenvalue weighted by Crippen LogP contribution is 2.05. The monoisotopic (exact) mass is 268 g/mol. The molecule has 0 unspecified atom stereocenters. The van der Waals surface area contributed by atoms with E-state index in [9.17, 15) is 4.79 Å². The third kappa shape index (κ3) is 3.48. The van der Waals surface area contributed by atoms with Crippen molar-refractivity contribution in [1.82, 2.24) is 8.01 Å². The second-order valence-electron chi connectivity index (χ2n) is 2.89. The molecular weight excluding hydrogens is 255 g/mol. The number of ketones is 1. The molecule has 0 aliphatic carbocycles. The smallest absolute Gasteiger partial charge is 0.143 e. The van der Waals surface area contributed by atoms with Crippen molar-refractivity contribution in [3.05, 3.63) is 0 Å². The Bertz CT molecular complexity index is 143. The number of Topliss-reactive ketones (excluding diaryl/α,β-unsaturated/α-hetero) is 1. The molecule has 1 fully saturated rings. The third-order valence-corrected chi connectivity index (χ3v) is 2.73. The molecule has 0 aromatic heterocycles. The molecule has 0 N–H and O–H groups in total. The highest BCUT2D eigenvalue weighted by atomic mass is 127. The summed E-state index contributed by atoms with van der Waals surface area (Å²) in [6.07, 6.45) is 0. The Morgan fingerprint density at radius 1 is 1.36 bits per heavy atom. The minimum Gasteiger partial charge on any atom is -0.299 e. The van der Waals surface area contributed by atoms with E-state index >= 15 is 0 Å². The van der Waals surface area contributed by atoms with E-state index in [2.05, 4.69) is 30.9 Å². The fourth-order valence-corrected chi connectivity index (χ4v) is 1.63. The summed E-state index contributed by atoms with van der Waals surface area (Å²) in [4.78, 5) is 12.9. The van der Waals surface area contributed by atoms with E-state index in [4.69, 9.17) is 0 Å². The zero-order chi connectivity index (χ0) is 8.27. The quantitative estimate of drug-likeness (QED) is 0.539. The maximum absolute atomic E-state index is 10.7. The van der Waals surface area contributed by atoms with Crippen molar-refractivity contribution in [3.63, 3.8) is 0 Å². The molecule has 0 atom stereocenters. The van der Waals surface area contributed by atoms with Gasteiger partial charge in [0.1, 0.15) is 5.78 Å². The largest absolute Gasteiger partial charge is 0.299 e. The van der Waals surface area contributed by atoms with Crippen molar-refractivity contribution in [1.29, 1.82) is 0 Å². The average Bonchev–Trinajstić information content (AvgIpc) is 1.93. The van der Waals surface area contributed by atoms with Gasteiger partial charge in [0.25, 0.3) is 0 Å². The lowest BCUT2D eigenvalue weighted by Gasteiger charge is -2.30. The Balaban J connectivity index is 2.22. The molecule has 0 radical (unpaired) electrons. The maximum atomic E-state index is 10.7. The molecule has 3 nitrogen and oxygen atoms in total. The normalized spacial score (nSPS) is 22.0. The molecule has 1 heterocycles. The zero-order valence-corrected chi connectivity index (χ0v) is 8.87. The van der Waals surface area contributed by atoms with Crippen LogP contribution in [0, 0.1) is 0 Å². The van der Waals surface area contributed by atoms with Gasteiger partial charge in [0, 0.05) is 49.0 Å². The van der Waals surface area contributed by atoms with Crippen molar-refractivity contribution in [2.45, 2.75) is 6.92 Å². The summed E-state index contributed by atoms with van der Waals surface area (Å²) >= 11 is 2.32. The second-order valence-corrected chi connectivity index (χ2v) is 4.25. The molecule has 1 aliphatic rings. The number of nitrogens with zero attached hydrogens (tertiary/aromatic N) is 2. The van der Waals surface area contributed by atoms with Crippen molar-refractivity contribution >= 4 is 28.6 Å². The Kier molecular flexibility index (Phi) is 3.74. The maximum Gasteiger partial charge on any atom is 0.143 e. The minimum atomic E-state index is 0.270. The van der Waals surface area contributed by atoms with Gasteiger partial charge >= 0.3 is 0 Å². The van der Waals surface area contributed by atoms with Crippen molar-refractivity contribution in [3.8, 4) is 0 Å². The number of carbonyl (C=O) groups excluding carboxylic acids is 1. The van der Waals surface area contributed by atoms with Gasteiger partial charge in [0.2, 0.25) is 0 Å². The van der Waals surface area contributed by atoms with Crippen LogP contribution in [0.4, 0.5) is 0 Å². The van der Waals surface area contributed by atoms with Crippen LogP contribution in [-0.4, -0.2) is 46.5 Å². The first-order valence-electron chi connectivity index (χ1n) is 3.81. The van der Waals surface area contributed by atoms with Gasteiger partial charge < -0.3 is 0 Å². The number of hydrogen-bond acceptors (Lipinski definition) is 3. The second kappa shape index (κ2) is 4.37. The number of piperazine rings is 1. The van der Waals surface area contributed by atoms with Gasteiger partial charge in [-0.3, -0.25) is 9.69 Å². The van der Waals surface area contributed by atoms with Gasteiger partial charge in [-0.15, -0.1) is 0 Å². The van der Waals surface area contributed by atoms with Crippen molar-refractivity contribution in [2.24, 2.45) is 0 Å². The molecule has 1 aliphatic heterocycles. The molecule has 1 rings (SSSR count).